The number of anilines is 1. The summed E-state index contributed by atoms with van der Waals surface area (Å²) < 4.78 is 5.35. The van der Waals surface area contributed by atoms with Gasteiger partial charge in [0.1, 0.15) is 11.6 Å². The minimum absolute atomic E-state index is 0.592. The predicted octanol–water partition coefficient (Wildman–Crippen LogP) is 3.86. The van der Waals surface area contributed by atoms with Crippen LogP contribution in [-0.2, 0) is 0 Å². The molecule has 0 atom stereocenters. The normalized spacial score (nSPS) is 15.3. The highest BCUT2D eigenvalue weighted by Crippen LogP contribution is 2.32. The average molecular weight is 334 g/mol. The summed E-state index contributed by atoms with van der Waals surface area (Å²) in [5, 5.41) is 7.63. The van der Waals surface area contributed by atoms with E-state index >= 15 is 0 Å². The van der Waals surface area contributed by atoms with Gasteiger partial charge in [-0.3, -0.25) is 10.1 Å². The fourth-order valence-electron chi connectivity index (χ4n) is 3.49. The molecule has 3 aromatic rings. The van der Waals surface area contributed by atoms with Crippen molar-refractivity contribution in [2.24, 2.45) is 0 Å². The van der Waals surface area contributed by atoms with E-state index in [1.54, 1.807) is 19.5 Å². The van der Waals surface area contributed by atoms with Crippen LogP contribution in [0.15, 0.2) is 54.9 Å². The van der Waals surface area contributed by atoms with Crippen LogP contribution < -0.4 is 9.64 Å². The third-order valence-electron chi connectivity index (χ3n) is 4.94. The minimum atomic E-state index is 0.592. The summed E-state index contributed by atoms with van der Waals surface area (Å²) in [5.41, 5.74) is 3.43. The van der Waals surface area contributed by atoms with Crippen molar-refractivity contribution in [3.63, 3.8) is 0 Å². The van der Waals surface area contributed by atoms with Gasteiger partial charge in [-0.1, -0.05) is 12.1 Å². The number of aromatic amines is 1. The standard InChI is InChI=1S/C20H22N4O/c1-25-18-4-2-3-17(13-18)15-7-11-24(12-8-15)20-14-19(22-23-20)16-5-9-21-10-6-16/h2-6,9-10,13-15H,7-8,11-12H2,1H3,(H,22,23). The van der Waals surface area contributed by atoms with Gasteiger partial charge >= 0.3 is 0 Å². The third kappa shape index (κ3) is 3.36. The lowest BCUT2D eigenvalue weighted by Gasteiger charge is -2.32. The lowest BCUT2D eigenvalue weighted by atomic mass is 9.89. The van der Waals surface area contributed by atoms with E-state index in [2.05, 4.69) is 44.3 Å². The van der Waals surface area contributed by atoms with E-state index in [0.717, 1.165) is 48.8 Å². The Morgan fingerprint density at radius 3 is 2.64 bits per heavy atom. The lowest BCUT2D eigenvalue weighted by Crippen LogP contribution is -2.33. The number of nitrogens with zero attached hydrogens (tertiary/aromatic N) is 3. The van der Waals surface area contributed by atoms with Crippen LogP contribution >= 0.6 is 0 Å². The molecule has 1 aromatic carbocycles. The van der Waals surface area contributed by atoms with Gasteiger partial charge < -0.3 is 9.64 Å². The maximum absolute atomic E-state index is 5.35. The predicted molar refractivity (Wildman–Crippen MR) is 99.0 cm³/mol. The van der Waals surface area contributed by atoms with Crippen molar-refractivity contribution in [2.45, 2.75) is 18.8 Å². The lowest BCUT2D eigenvalue weighted by molar-refractivity contribution is 0.412. The van der Waals surface area contributed by atoms with Crippen molar-refractivity contribution in [1.29, 1.82) is 0 Å². The topological polar surface area (TPSA) is 54.0 Å². The van der Waals surface area contributed by atoms with Gasteiger partial charge in [-0.15, -0.1) is 0 Å². The van der Waals surface area contributed by atoms with E-state index in [0.29, 0.717) is 5.92 Å². The van der Waals surface area contributed by atoms with Crippen LogP contribution in [-0.4, -0.2) is 35.4 Å². The highest BCUT2D eigenvalue weighted by molar-refractivity contribution is 5.62. The van der Waals surface area contributed by atoms with Crippen LogP contribution in [0.4, 0.5) is 5.82 Å². The minimum Gasteiger partial charge on any atom is -0.497 e. The van der Waals surface area contributed by atoms with Crippen molar-refractivity contribution in [3.05, 3.63) is 60.4 Å². The molecule has 0 bridgehead atoms. The first-order valence-electron chi connectivity index (χ1n) is 8.68. The van der Waals surface area contributed by atoms with Gasteiger partial charge in [0.25, 0.3) is 0 Å². The Bertz CT molecular complexity index is 822. The van der Waals surface area contributed by atoms with Crippen molar-refractivity contribution < 1.29 is 4.74 Å². The number of pyridine rings is 1. The van der Waals surface area contributed by atoms with Gasteiger partial charge in [0.2, 0.25) is 0 Å². The molecule has 1 aliphatic heterocycles. The van der Waals surface area contributed by atoms with Crippen LogP contribution in [0.5, 0.6) is 5.75 Å². The molecule has 5 heteroatoms. The maximum atomic E-state index is 5.35. The second kappa shape index (κ2) is 6.97. The summed E-state index contributed by atoms with van der Waals surface area (Å²) in [6.07, 6.45) is 5.86. The van der Waals surface area contributed by atoms with E-state index in [1.165, 1.54) is 5.56 Å². The summed E-state index contributed by atoms with van der Waals surface area (Å²) in [6.45, 7) is 2.06. The third-order valence-corrected chi connectivity index (χ3v) is 4.94. The molecule has 1 fully saturated rings. The summed E-state index contributed by atoms with van der Waals surface area (Å²) in [7, 11) is 1.72. The fraction of sp³-hybridized carbons (Fsp3) is 0.300. The van der Waals surface area contributed by atoms with E-state index in [4.69, 9.17) is 4.74 Å². The van der Waals surface area contributed by atoms with Crippen LogP contribution in [0.2, 0.25) is 0 Å². The Labute approximate surface area is 147 Å². The van der Waals surface area contributed by atoms with Crippen LogP contribution in [0, 0.1) is 0 Å². The number of nitrogens with one attached hydrogen (secondary N) is 1. The quantitative estimate of drug-likeness (QED) is 0.787. The first kappa shape index (κ1) is 15.7. The fourth-order valence-corrected chi connectivity index (χ4v) is 3.49. The van der Waals surface area contributed by atoms with Crippen molar-refractivity contribution in [3.8, 4) is 17.0 Å². The molecule has 1 saturated heterocycles. The molecule has 2 aromatic heterocycles. The number of benzene rings is 1. The largest absolute Gasteiger partial charge is 0.497 e. The number of piperidine rings is 1. The van der Waals surface area contributed by atoms with Gasteiger partial charge in [0.15, 0.2) is 0 Å². The SMILES string of the molecule is COc1cccc(C2CCN(c3cc(-c4ccncc4)n[nH]3)CC2)c1. The summed E-state index contributed by atoms with van der Waals surface area (Å²) in [6, 6.07) is 14.5. The molecule has 0 saturated carbocycles. The molecule has 0 amide bonds. The number of hydrogen-bond donors (Lipinski definition) is 1. The van der Waals surface area contributed by atoms with E-state index in [9.17, 15) is 0 Å². The molecular formula is C20H22N4O. The Balaban J connectivity index is 1.43. The van der Waals surface area contributed by atoms with Crippen LogP contribution in [0.3, 0.4) is 0 Å². The molecule has 0 spiro atoms. The second-order valence-corrected chi connectivity index (χ2v) is 6.41. The summed E-state index contributed by atoms with van der Waals surface area (Å²) in [4.78, 5) is 6.44. The number of rotatable bonds is 4. The first-order chi connectivity index (χ1) is 12.3. The summed E-state index contributed by atoms with van der Waals surface area (Å²) in [5.74, 6) is 2.63. The Hall–Kier alpha value is -2.82. The zero-order chi connectivity index (χ0) is 17.1. The Morgan fingerprint density at radius 1 is 1.08 bits per heavy atom. The molecule has 1 aliphatic rings. The number of aromatic nitrogens is 3. The van der Waals surface area contributed by atoms with Gasteiger partial charge in [-0.2, -0.15) is 5.10 Å². The summed E-state index contributed by atoms with van der Waals surface area (Å²) >= 11 is 0. The van der Waals surface area contributed by atoms with Crippen LogP contribution in [0.25, 0.3) is 11.3 Å². The molecule has 4 rings (SSSR count). The van der Waals surface area contributed by atoms with Gasteiger partial charge in [0.05, 0.1) is 12.8 Å². The monoisotopic (exact) mass is 334 g/mol. The maximum Gasteiger partial charge on any atom is 0.124 e. The molecule has 128 valence electrons. The van der Waals surface area contributed by atoms with E-state index in [-0.39, 0.29) is 0 Å². The first-order valence-corrected chi connectivity index (χ1v) is 8.68. The van der Waals surface area contributed by atoms with Crippen molar-refractivity contribution in [2.75, 3.05) is 25.1 Å². The molecule has 0 aliphatic carbocycles. The highest BCUT2D eigenvalue weighted by Gasteiger charge is 2.22. The Kier molecular flexibility index (Phi) is 4.37. The molecule has 3 heterocycles. The van der Waals surface area contributed by atoms with E-state index in [1.807, 2.05) is 18.2 Å². The second-order valence-electron chi connectivity index (χ2n) is 6.41. The molecule has 1 N–H and O–H groups in total. The average Bonchev–Trinajstić information content (AvgIpc) is 3.19. The van der Waals surface area contributed by atoms with E-state index < -0.39 is 0 Å². The molecule has 0 radical (unpaired) electrons. The van der Waals surface area contributed by atoms with Gasteiger partial charge in [-0.05, 0) is 48.6 Å². The molecular weight excluding hydrogens is 312 g/mol. The smallest absolute Gasteiger partial charge is 0.124 e. The number of H-pyrrole nitrogens is 1. The van der Waals surface area contributed by atoms with Crippen molar-refractivity contribution in [1.82, 2.24) is 15.2 Å². The highest BCUT2D eigenvalue weighted by atomic mass is 16.5. The molecule has 0 unspecified atom stereocenters. The number of hydrogen-bond acceptors (Lipinski definition) is 4. The zero-order valence-electron chi connectivity index (χ0n) is 14.4. The van der Waals surface area contributed by atoms with Crippen LogP contribution in [0.1, 0.15) is 24.3 Å². The van der Waals surface area contributed by atoms with Crippen molar-refractivity contribution >= 4 is 5.82 Å². The molecule has 25 heavy (non-hydrogen) atoms. The number of methoxy groups -OCH3 is 1. The Morgan fingerprint density at radius 2 is 1.88 bits per heavy atom. The number of ether oxygens (including phenoxy) is 1. The molecule has 5 nitrogen and oxygen atoms in total. The van der Waals surface area contributed by atoms with Gasteiger partial charge in [0, 0.05) is 37.1 Å². The van der Waals surface area contributed by atoms with Gasteiger partial charge in [-0.25, -0.2) is 0 Å². The zero-order valence-corrected chi connectivity index (χ0v) is 14.4.